The van der Waals surface area contributed by atoms with Gasteiger partial charge in [0.2, 0.25) is 0 Å². The third kappa shape index (κ3) is 10.5. The van der Waals surface area contributed by atoms with Crippen molar-refractivity contribution in [2.75, 3.05) is 39.6 Å². The van der Waals surface area contributed by atoms with Gasteiger partial charge in [-0.3, -0.25) is 0 Å². The maximum absolute atomic E-state index is 13.4. The smallest absolute Gasteiger partial charge is 0.489 e. The van der Waals surface area contributed by atoms with E-state index in [0.717, 1.165) is 21.7 Å². The van der Waals surface area contributed by atoms with Gasteiger partial charge in [-0.15, -0.1) is 0 Å². The fourth-order valence-electron chi connectivity index (χ4n) is 7.49. The van der Waals surface area contributed by atoms with Crippen LogP contribution in [0.3, 0.4) is 0 Å². The largest absolute Gasteiger partial charge is 0.500 e. The van der Waals surface area contributed by atoms with Gasteiger partial charge in [0.15, 0.2) is 6.10 Å². The molecule has 0 aliphatic carbocycles. The third-order valence-electron chi connectivity index (χ3n) is 9.94. The second-order valence-corrected chi connectivity index (χ2v) is 21.1. The molecule has 6 aromatic rings. The topological polar surface area (TPSA) is 84.5 Å². The molecule has 0 spiro atoms. The molecule has 1 aliphatic rings. The lowest BCUT2D eigenvalue weighted by Gasteiger charge is -2.28. The van der Waals surface area contributed by atoms with E-state index in [9.17, 15) is 4.79 Å². The fourth-order valence-corrected chi connectivity index (χ4v) is 15.1. The van der Waals surface area contributed by atoms with Gasteiger partial charge >= 0.3 is 14.9 Å². The van der Waals surface area contributed by atoms with Crippen LogP contribution >= 0.6 is 15.8 Å². The molecule has 0 saturated carbocycles. The minimum atomic E-state index is -2.84. The normalized spacial score (nSPS) is 12.9. The van der Waals surface area contributed by atoms with Gasteiger partial charge in [-0.2, -0.15) is 0 Å². The van der Waals surface area contributed by atoms with Gasteiger partial charge in [-0.05, 0) is 87.0 Å². The lowest BCUT2D eigenvalue weighted by molar-refractivity contribution is 0.0365. The summed E-state index contributed by atoms with van der Waals surface area (Å²) in [5.41, 5.74) is 1.97. The van der Waals surface area contributed by atoms with Crippen LogP contribution < -0.4 is 46.6 Å². The number of hydrogen-bond donors (Lipinski definition) is 1. The van der Waals surface area contributed by atoms with Gasteiger partial charge in [-0.1, -0.05) is 146 Å². The average Bonchev–Trinajstić information content (AvgIpc) is 3.36. The Hall–Kier alpha value is -4.85. The van der Waals surface area contributed by atoms with E-state index in [1.807, 2.05) is 32.9 Å². The molecule has 1 aliphatic heterocycles. The van der Waals surface area contributed by atoms with Crippen LogP contribution in [0.1, 0.15) is 27.2 Å². The summed E-state index contributed by atoms with van der Waals surface area (Å²) in [6.07, 6.45) is -0.628. The van der Waals surface area contributed by atoms with E-state index < -0.39 is 36.8 Å². The maximum atomic E-state index is 13.4. The van der Waals surface area contributed by atoms with Gasteiger partial charge in [0.05, 0.1) is 0 Å². The number of carbonyl (C=O) groups excluding carboxylic acids is 1. The van der Waals surface area contributed by atoms with Crippen LogP contribution in [0.15, 0.2) is 158 Å². The SMILES string of the molecule is CCO[Si](CCCNC(=O)OC1COc2cccc(P(c3ccccc3)c3ccccc3)c2-c2c(cccc2P(c2ccccc2)c2ccccc2)OC1)(OCC)OCC. The highest BCUT2D eigenvalue weighted by atomic mass is 31.1. The monoisotopic (exact) mass is 857 g/mol. The molecule has 8 nitrogen and oxygen atoms in total. The first-order valence-electron chi connectivity index (χ1n) is 20.7. The van der Waals surface area contributed by atoms with Crippen molar-refractivity contribution in [3.63, 3.8) is 0 Å². The zero-order valence-corrected chi connectivity index (χ0v) is 37.3. The summed E-state index contributed by atoms with van der Waals surface area (Å²) in [5.74, 6) is 1.42. The Morgan fingerprint density at radius 1 is 0.567 bits per heavy atom. The Morgan fingerprint density at radius 2 is 0.950 bits per heavy atom. The number of nitrogens with one attached hydrogen (secondary N) is 1. The number of fused-ring (bicyclic) bond motifs is 3. The van der Waals surface area contributed by atoms with Crippen molar-refractivity contribution in [2.45, 2.75) is 39.3 Å². The number of ether oxygens (including phenoxy) is 3. The molecule has 60 heavy (non-hydrogen) atoms. The van der Waals surface area contributed by atoms with Crippen molar-refractivity contribution < 1.29 is 32.3 Å². The molecule has 0 atom stereocenters. The van der Waals surface area contributed by atoms with Crippen molar-refractivity contribution in [2.24, 2.45) is 0 Å². The molecule has 1 heterocycles. The minimum absolute atomic E-state index is 0.100. The average molecular weight is 858 g/mol. The Balaban J connectivity index is 1.28. The Morgan fingerprint density at radius 3 is 1.32 bits per heavy atom. The molecular weight excluding hydrogens is 805 g/mol. The summed E-state index contributed by atoms with van der Waals surface area (Å²) >= 11 is 0. The molecule has 0 unspecified atom stereocenters. The van der Waals surface area contributed by atoms with Crippen molar-refractivity contribution in [1.29, 1.82) is 0 Å². The molecule has 1 N–H and O–H groups in total. The molecule has 6 aromatic carbocycles. The molecule has 0 fully saturated rings. The molecule has 0 saturated heterocycles. The zero-order valence-electron chi connectivity index (χ0n) is 34.5. The fraction of sp³-hybridized carbons (Fsp3) is 0.245. The van der Waals surface area contributed by atoms with E-state index >= 15 is 0 Å². The minimum Gasteiger partial charge on any atom is -0.489 e. The van der Waals surface area contributed by atoms with E-state index in [1.54, 1.807) is 0 Å². The maximum Gasteiger partial charge on any atom is 0.500 e. The van der Waals surface area contributed by atoms with Crippen molar-refractivity contribution in [1.82, 2.24) is 5.32 Å². The highest BCUT2D eigenvalue weighted by Gasteiger charge is 2.40. The summed E-state index contributed by atoms with van der Waals surface area (Å²) in [5, 5.41) is 10.1. The van der Waals surface area contributed by atoms with E-state index in [2.05, 4.69) is 151 Å². The second kappa shape index (κ2) is 21.6. The molecule has 310 valence electrons. The van der Waals surface area contributed by atoms with E-state index in [4.69, 9.17) is 27.5 Å². The quantitative estimate of drug-likeness (QED) is 0.0563. The second-order valence-electron chi connectivity index (χ2n) is 14.0. The highest BCUT2D eigenvalue weighted by molar-refractivity contribution is 7.80. The van der Waals surface area contributed by atoms with E-state index in [1.165, 1.54) is 21.2 Å². The molecule has 0 bridgehead atoms. The summed E-state index contributed by atoms with van der Waals surface area (Å²) in [4.78, 5) is 13.4. The molecule has 1 amide bonds. The lowest BCUT2D eigenvalue weighted by Crippen LogP contribution is -2.46. The summed E-state index contributed by atoms with van der Waals surface area (Å²) in [6, 6.07) is 56.1. The number of rotatable bonds is 17. The zero-order chi connectivity index (χ0) is 41.6. The van der Waals surface area contributed by atoms with Gasteiger partial charge in [-0.25, -0.2) is 4.79 Å². The molecule has 0 radical (unpaired) electrons. The van der Waals surface area contributed by atoms with Gasteiger partial charge in [0, 0.05) is 43.5 Å². The number of alkyl carbamates (subject to hydrolysis) is 1. The van der Waals surface area contributed by atoms with Crippen molar-refractivity contribution >= 4 is 62.6 Å². The van der Waals surface area contributed by atoms with Crippen LogP contribution in [0, 0.1) is 0 Å². The van der Waals surface area contributed by atoms with Crippen LogP contribution in [0.2, 0.25) is 6.04 Å². The van der Waals surface area contributed by atoms with E-state index in [-0.39, 0.29) is 13.2 Å². The van der Waals surface area contributed by atoms with Crippen LogP contribution in [-0.4, -0.2) is 60.6 Å². The predicted molar refractivity (Wildman–Crippen MR) is 249 cm³/mol. The summed E-state index contributed by atoms with van der Waals surface area (Å²) in [6.45, 7) is 7.88. The Bertz CT molecular complexity index is 2020. The van der Waals surface area contributed by atoms with Crippen molar-refractivity contribution in [3.05, 3.63) is 158 Å². The lowest BCUT2D eigenvalue weighted by atomic mass is 10.0. The molecule has 0 aromatic heterocycles. The van der Waals surface area contributed by atoms with Gasteiger partial charge < -0.3 is 32.8 Å². The number of hydrogen-bond acceptors (Lipinski definition) is 7. The first-order valence-corrected chi connectivity index (χ1v) is 25.3. The Labute approximate surface area is 358 Å². The van der Waals surface area contributed by atoms with Crippen molar-refractivity contribution in [3.8, 4) is 22.6 Å². The predicted octanol–water partition coefficient (Wildman–Crippen LogP) is 8.17. The molecular formula is C49H53NO7P2Si. The first kappa shape index (κ1) is 43.2. The number of benzene rings is 6. The Kier molecular flexibility index (Phi) is 15.6. The molecule has 11 heteroatoms. The number of carbonyl (C=O) groups is 1. The molecule has 7 rings (SSSR count). The standard InChI is InChI=1S/C49H53NO7P2Si/c1-4-54-60(55-5-2,56-6-3)35-21-34-50-49(51)57-38-36-52-43-30-19-32-45(58(39-22-11-7-12-23-39)40-24-13-8-14-25-40)47(43)48-44(53-37-38)31-20-33-46(48)59(41-26-15-9-16-27-41)42-28-17-10-18-29-42/h7-20,22-33,38H,4-6,21,34-37H2,1-3H3,(H,50,51). The summed E-state index contributed by atoms with van der Waals surface area (Å²) < 4.78 is 37.7. The van der Waals surface area contributed by atoms with Gasteiger partial charge in [0.25, 0.3) is 0 Å². The van der Waals surface area contributed by atoms with Gasteiger partial charge in [0.1, 0.15) is 24.7 Å². The van der Waals surface area contributed by atoms with E-state index in [0.29, 0.717) is 50.3 Å². The van der Waals surface area contributed by atoms with Crippen LogP contribution in [-0.2, 0) is 18.0 Å². The van der Waals surface area contributed by atoms with Crippen LogP contribution in [0.25, 0.3) is 11.1 Å². The van der Waals surface area contributed by atoms with Crippen LogP contribution in [0.5, 0.6) is 11.5 Å². The highest BCUT2D eigenvalue weighted by Crippen LogP contribution is 2.47. The summed E-state index contributed by atoms with van der Waals surface area (Å²) in [7, 11) is -4.94. The third-order valence-corrected chi connectivity index (χ3v) is 18.1. The van der Waals surface area contributed by atoms with Crippen LogP contribution in [0.4, 0.5) is 4.79 Å². The first-order chi connectivity index (χ1) is 29.5. The number of amides is 1.